The van der Waals surface area contributed by atoms with Crippen LogP contribution in [-0.4, -0.2) is 17.5 Å². The van der Waals surface area contributed by atoms with Crippen molar-refractivity contribution in [3.8, 4) is 5.75 Å². The van der Waals surface area contributed by atoms with Crippen LogP contribution in [0.25, 0.3) is 0 Å². The van der Waals surface area contributed by atoms with Gasteiger partial charge in [-0.3, -0.25) is 9.78 Å². The largest absolute Gasteiger partial charge is 0.493 e. The molecule has 1 aromatic carbocycles. The van der Waals surface area contributed by atoms with Gasteiger partial charge in [0.15, 0.2) is 0 Å². The summed E-state index contributed by atoms with van der Waals surface area (Å²) in [5.41, 5.74) is 0.837. The Morgan fingerprint density at radius 3 is 2.71 bits per heavy atom. The van der Waals surface area contributed by atoms with Crippen molar-refractivity contribution in [1.29, 1.82) is 0 Å². The van der Waals surface area contributed by atoms with Crippen molar-refractivity contribution in [3.05, 3.63) is 59.4 Å². The van der Waals surface area contributed by atoms with Gasteiger partial charge in [-0.25, -0.2) is 0 Å². The minimum Gasteiger partial charge on any atom is -0.493 e. The maximum Gasteiger partial charge on any atom is 0.223 e. The zero-order chi connectivity index (χ0) is 15.1. The molecule has 1 heterocycles. The van der Waals surface area contributed by atoms with E-state index in [-0.39, 0.29) is 11.9 Å². The van der Waals surface area contributed by atoms with Gasteiger partial charge in [0.25, 0.3) is 0 Å². The van der Waals surface area contributed by atoms with E-state index in [9.17, 15) is 4.79 Å². The van der Waals surface area contributed by atoms with Crippen molar-refractivity contribution in [2.75, 3.05) is 6.61 Å². The number of pyridine rings is 1. The molecule has 2 aromatic rings. The summed E-state index contributed by atoms with van der Waals surface area (Å²) in [5.74, 6) is 0.632. The lowest BCUT2D eigenvalue weighted by atomic mass is 10.2. The molecule has 0 unspecified atom stereocenters. The topological polar surface area (TPSA) is 51.2 Å². The molecule has 1 aromatic heterocycles. The van der Waals surface area contributed by atoms with Crippen LogP contribution in [0.15, 0.2) is 48.7 Å². The molecule has 0 aliphatic carbocycles. The van der Waals surface area contributed by atoms with Gasteiger partial charge >= 0.3 is 0 Å². The van der Waals surface area contributed by atoms with Crippen molar-refractivity contribution in [1.82, 2.24) is 10.3 Å². The first-order valence-corrected chi connectivity index (χ1v) is 7.11. The van der Waals surface area contributed by atoms with E-state index in [0.717, 1.165) is 5.69 Å². The number of nitrogens with one attached hydrogen (secondary N) is 1. The maximum absolute atomic E-state index is 11.8. The molecule has 0 spiro atoms. The molecule has 2 rings (SSSR count). The number of amides is 1. The van der Waals surface area contributed by atoms with Crippen LogP contribution >= 0.6 is 11.6 Å². The predicted molar refractivity (Wildman–Crippen MR) is 82.4 cm³/mol. The molecule has 110 valence electrons. The normalized spacial score (nSPS) is 11.7. The third-order valence-corrected chi connectivity index (χ3v) is 3.17. The number of carbonyl (C=O) groups is 1. The summed E-state index contributed by atoms with van der Waals surface area (Å²) < 4.78 is 5.48. The molecule has 0 bridgehead atoms. The number of aromatic nitrogens is 1. The van der Waals surface area contributed by atoms with Crippen molar-refractivity contribution >= 4 is 17.5 Å². The van der Waals surface area contributed by atoms with Crippen LogP contribution in [0.4, 0.5) is 0 Å². The van der Waals surface area contributed by atoms with Crippen LogP contribution in [0.3, 0.4) is 0 Å². The molecule has 4 nitrogen and oxygen atoms in total. The van der Waals surface area contributed by atoms with E-state index in [1.54, 1.807) is 30.5 Å². The number of hydrogen-bond acceptors (Lipinski definition) is 3. The average molecular weight is 305 g/mol. The van der Waals surface area contributed by atoms with E-state index in [0.29, 0.717) is 23.8 Å². The Bertz CT molecular complexity index is 573. The highest BCUT2D eigenvalue weighted by Crippen LogP contribution is 2.15. The Morgan fingerprint density at radius 2 is 2.05 bits per heavy atom. The van der Waals surface area contributed by atoms with Gasteiger partial charge in [-0.05, 0) is 43.3 Å². The van der Waals surface area contributed by atoms with Gasteiger partial charge in [-0.15, -0.1) is 0 Å². The number of rotatable bonds is 6. The lowest BCUT2D eigenvalue weighted by molar-refractivity contribution is -0.122. The number of carbonyl (C=O) groups excluding carboxylic acids is 1. The minimum absolute atomic E-state index is 0.0675. The molecule has 1 atom stereocenters. The quantitative estimate of drug-likeness (QED) is 0.890. The highest BCUT2D eigenvalue weighted by molar-refractivity contribution is 6.30. The summed E-state index contributed by atoms with van der Waals surface area (Å²) >= 11 is 5.79. The van der Waals surface area contributed by atoms with Gasteiger partial charge in [0.1, 0.15) is 5.75 Å². The molecule has 0 saturated carbocycles. The Kier molecular flexibility index (Phi) is 5.58. The first kappa shape index (κ1) is 15.3. The third-order valence-electron chi connectivity index (χ3n) is 2.92. The van der Waals surface area contributed by atoms with Gasteiger partial charge in [0.2, 0.25) is 5.91 Å². The van der Waals surface area contributed by atoms with E-state index in [1.165, 1.54) is 0 Å². The molecular weight excluding hydrogens is 288 g/mol. The van der Waals surface area contributed by atoms with Crippen LogP contribution in [0, 0.1) is 0 Å². The molecule has 21 heavy (non-hydrogen) atoms. The fraction of sp³-hybridized carbons (Fsp3) is 0.250. The SMILES string of the molecule is C[C@H](NC(=O)CCOc1ccc(Cl)cc1)c1ccccn1. The second-order valence-electron chi connectivity index (χ2n) is 4.60. The van der Waals surface area contributed by atoms with E-state index in [1.807, 2.05) is 25.1 Å². The fourth-order valence-corrected chi connectivity index (χ4v) is 1.94. The molecule has 0 saturated heterocycles. The van der Waals surface area contributed by atoms with E-state index in [2.05, 4.69) is 10.3 Å². The highest BCUT2D eigenvalue weighted by atomic mass is 35.5. The lowest BCUT2D eigenvalue weighted by Gasteiger charge is -2.13. The van der Waals surface area contributed by atoms with Gasteiger partial charge in [0.05, 0.1) is 24.8 Å². The summed E-state index contributed by atoms with van der Waals surface area (Å²) in [6, 6.07) is 12.6. The molecule has 0 aliphatic heterocycles. The molecule has 1 N–H and O–H groups in total. The standard InChI is InChI=1S/C16H17ClN2O2/c1-12(15-4-2-3-10-18-15)19-16(20)9-11-21-14-7-5-13(17)6-8-14/h2-8,10,12H,9,11H2,1H3,(H,19,20)/t12-/m0/s1. The fourth-order valence-electron chi connectivity index (χ4n) is 1.81. The third kappa shape index (κ3) is 5.08. The van der Waals surface area contributed by atoms with E-state index >= 15 is 0 Å². The second-order valence-corrected chi connectivity index (χ2v) is 5.03. The molecule has 0 fully saturated rings. The number of ether oxygens (including phenoxy) is 1. The average Bonchev–Trinajstić information content (AvgIpc) is 2.50. The first-order chi connectivity index (χ1) is 10.1. The summed E-state index contributed by atoms with van der Waals surface area (Å²) in [5, 5.41) is 3.55. The van der Waals surface area contributed by atoms with Crippen LogP contribution in [0.5, 0.6) is 5.75 Å². The Labute approximate surface area is 129 Å². The molecule has 1 amide bonds. The Hall–Kier alpha value is -2.07. The molecule has 0 aliphatic rings. The Morgan fingerprint density at radius 1 is 1.29 bits per heavy atom. The van der Waals surface area contributed by atoms with E-state index in [4.69, 9.17) is 16.3 Å². The minimum atomic E-state index is -0.116. The van der Waals surface area contributed by atoms with Crippen molar-refractivity contribution in [2.24, 2.45) is 0 Å². The molecule has 0 radical (unpaired) electrons. The maximum atomic E-state index is 11.8. The van der Waals surface area contributed by atoms with Gasteiger partial charge < -0.3 is 10.1 Å². The number of hydrogen-bond donors (Lipinski definition) is 1. The summed E-state index contributed by atoms with van der Waals surface area (Å²) in [4.78, 5) is 16.0. The van der Waals surface area contributed by atoms with Crippen molar-refractivity contribution < 1.29 is 9.53 Å². The Balaban J connectivity index is 1.73. The second kappa shape index (κ2) is 7.64. The smallest absolute Gasteiger partial charge is 0.223 e. The summed E-state index contributed by atoms with van der Waals surface area (Å²) in [6.45, 7) is 2.22. The molecule has 5 heteroatoms. The molecular formula is C16H17ClN2O2. The lowest BCUT2D eigenvalue weighted by Crippen LogP contribution is -2.28. The van der Waals surface area contributed by atoms with Crippen LogP contribution in [0.2, 0.25) is 5.02 Å². The highest BCUT2D eigenvalue weighted by Gasteiger charge is 2.10. The number of nitrogens with zero attached hydrogens (tertiary/aromatic N) is 1. The zero-order valence-corrected chi connectivity index (χ0v) is 12.5. The van der Waals surface area contributed by atoms with Gasteiger partial charge in [0, 0.05) is 11.2 Å². The monoisotopic (exact) mass is 304 g/mol. The van der Waals surface area contributed by atoms with Gasteiger partial charge in [-0.1, -0.05) is 17.7 Å². The summed E-state index contributed by atoms with van der Waals surface area (Å²) in [6.07, 6.45) is 2.00. The van der Waals surface area contributed by atoms with Crippen molar-refractivity contribution in [2.45, 2.75) is 19.4 Å². The first-order valence-electron chi connectivity index (χ1n) is 6.74. The number of benzene rings is 1. The zero-order valence-electron chi connectivity index (χ0n) is 11.8. The van der Waals surface area contributed by atoms with E-state index < -0.39 is 0 Å². The van der Waals surface area contributed by atoms with Crippen LogP contribution < -0.4 is 10.1 Å². The number of halogens is 1. The van der Waals surface area contributed by atoms with Crippen LogP contribution in [0.1, 0.15) is 25.1 Å². The predicted octanol–water partition coefficient (Wildman–Crippen LogP) is 3.38. The summed E-state index contributed by atoms with van der Waals surface area (Å²) in [7, 11) is 0. The van der Waals surface area contributed by atoms with Crippen LogP contribution in [-0.2, 0) is 4.79 Å². The van der Waals surface area contributed by atoms with Crippen molar-refractivity contribution in [3.63, 3.8) is 0 Å². The van der Waals surface area contributed by atoms with Gasteiger partial charge in [-0.2, -0.15) is 0 Å².